The third-order valence-electron chi connectivity index (χ3n) is 1.58. The Kier molecular flexibility index (Phi) is 2.28. The van der Waals surface area contributed by atoms with E-state index in [1.54, 1.807) is 12.1 Å². The van der Waals surface area contributed by atoms with Gasteiger partial charge in [0.15, 0.2) is 0 Å². The molecule has 15 heavy (non-hydrogen) atoms. The Labute approximate surface area is 90.5 Å². The van der Waals surface area contributed by atoms with Crippen LogP contribution in [0.4, 0.5) is 0 Å². The first-order valence-electron chi connectivity index (χ1n) is 3.87. The van der Waals surface area contributed by atoms with E-state index >= 15 is 0 Å². The molecule has 0 aliphatic heterocycles. The minimum atomic E-state index is -3.63. The minimum Gasteiger partial charge on any atom is -0.268 e. The summed E-state index contributed by atoms with van der Waals surface area (Å²) in [7, 11) is -3.63. The van der Waals surface area contributed by atoms with Crippen molar-refractivity contribution in [2.24, 2.45) is 0 Å². The molecule has 0 aliphatic rings. The largest absolute Gasteiger partial charge is 0.325 e. The number of nitrogens with zero attached hydrogens (tertiary/aromatic N) is 3. The normalized spacial score (nSPS) is 11.9. The highest BCUT2D eigenvalue weighted by Crippen LogP contribution is 2.16. The molecule has 0 radical (unpaired) electrons. The van der Waals surface area contributed by atoms with Gasteiger partial charge < -0.3 is 0 Å². The molecular formula is C7H6ClN3O3S. The maximum atomic E-state index is 10.9. The molecule has 0 unspecified atom stereocenters. The lowest BCUT2D eigenvalue weighted by Crippen LogP contribution is -2.19. The molecular weight excluding hydrogens is 242 g/mol. The first-order chi connectivity index (χ1) is 6.96. The summed E-state index contributed by atoms with van der Waals surface area (Å²) in [5.41, 5.74) is 0.899. The van der Waals surface area contributed by atoms with Crippen LogP contribution < -0.4 is 4.28 Å². The number of aromatic nitrogens is 3. The van der Waals surface area contributed by atoms with Crippen LogP contribution in [0.25, 0.3) is 11.0 Å². The molecule has 2 rings (SSSR count). The second-order valence-corrected chi connectivity index (χ2v) is 4.87. The maximum absolute atomic E-state index is 10.9. The summed E-state index contributed by atoms with van der Waals surface area (Å²) in [6.45, 7) is 0. The summed E-state index contributed by atoms with van der Waals surface area (Å²) < 4.78 is 26.3. The quantitative estimate of drug-likeness (QED) is 0.771. The Hall–Kier alpha value is -1.34. The van der Waals surface area contributed by atoms with Crippen molar-refractivity contribution in [3.8, 4) is 0 Å². The summed E-state index contributed by atoms with van der Waals surface area (Å²) in [4.78, 5) is 0.816. The average Bonchev–Trinajstić information content (AvgIpc) is 2.46. The Morgan fingerprint density at radius 2 is 2.20 bits per heavy atom. The highest BCUT2D eigenvalue weighted by molar-refractivity contribution is 7.86. The Morgan fingerprint density at radius 3 is 2.87 bits per heavy atom. The van der Waals surface area contributed by atoms with Gasteiger partial charge in [0.25, 0.3) is 0 Å². The number of halogens is 1. The van der Waals surface area contributed by atoms with Gasteiger partial charge in [-0.3, -0.25) is 4.28 Å². The van der Waals surface area contributed by atoms with Crippen LogP contribution in [-0.2, 0) is 10.1 Å². The van der Waals surface area contributed by atoms with Crippen molar-refractivity contribution in [2.45, 2.75) is 0 Å². The van der Waals surface area contributed by atoms with Crippen molar-refractivity contribution in [3.63, 3.8) is 0 Å². The van der Waals surface area contributed by atoms with Crippen LogP contribution in [-0.4, -0.2) is 29.8 Å². The lowest BCUT2D eigenvalue weighted by molar-refractivity contribution is 0.247. The molecule has 0 fully saturated rings. The average molecular weight is 248 g/mol. The highest BCUT2D eigenvalue weighted by atomic mass is 35.5. The second-order valence-electron chi connectivity index (χ2n) is 2.87. The monoisotopic (exact) mass is 247 g/mol. The summed E-state index contributed by atoms with van der Waals surface area (Å²) in [6.07, 6.45) is 0.922. The zero-order chi connectivity index (χ0) is 11.1. The van der Waals surface area contributed by atoms with E-state index < -0.39 is 10.1 Å². The van der Waals surface area contributed by atoms with Crippen molar-refractivity contribution in [1.82, 2.24) is 15.2 Å². The van der Waals surface area contributed by atoms with E-state index in [2.05, 4.69) is 14.6 Å². The van der Waals surface area contributed by atoms with Gasteiger partial charge in [-0.05, 0) is 23.4 Å². The van der Waals surface area contributed by atoms with Gasteiger partial charge in [0.1, 0.15) is 11.0 Å². The number of hydrogen-bond donors (Lipinski definition) is 0. The van der Waals surface area contributed by atoms with Gasteiger partial charge in [-0.25, -0.2) is 0 Å². The predicted octanol–water partition coefficient (Wildman–Crippen LogP) is 0.473. The fraction of sp³-hybridized carbons (Fsp3) is 0.143. The van der Waals surface area contributed by atoms with Crippen LogP contribution in [0.1, 0.15) is 0 Å². The summed E-state index contributed by atoms with van der Waals surface area (Å²) in [6, 6.07) is 4.76. The van der Waals surface area contributed by atoms with Gasteiger partial charge in [-0.15, -0.1) is 5.10 Å². The molecule has 2 aromatic rings. The van der Waals surface area contributed by atoms with E-state index in [9.17, 15) is 8.42 Å². The summed E-state index contributed by atoms with van der Waals surface area (Å²) in [5.74, 6) is 0. The van der Waals surface area contributed by atoms with Crippen LogP contribution >= 0.6 is 11.6 Å². The summed E-state index contributed by atoms with van der Waals surface area (Å²) in [5, 5.41) is 7.68. The molecule has 6 nitrogen and oxygen atoms in total. The summed E-state index contributed by atoms with van der Waals surface area (Å²) >= 11 is 5.74. The standard InChI is InChI=1S/C7H6ClN3O3S/c1-15(12,13)14-11-7-4-5(8)2-3-6(7)9-10-11/h2-4H,1H3. The number of fused-ring (bicyclic) bond motifs is 1. The van der Waals surface area contributed by atoms with Gasteiger partial charge in [-0.1, -0.05) is 16.4 Å². The van der Waals surface area contributed by atoms with E-state index in [0.717, 1.165) is 11.1 Å². The van der Waals surface area contributed by atoms with Crippen LogP contribution in [0.2, 0.25) is 5.02 Å². The van der Waals surface area contributed by atoms with E-state index in [4.69, 9.17) is 11.6 Å². The molecule has 0 saturated carbocycles. The van der Waals surface area contributed by atoms with Crippen molar-refractivity contribution < 1.29 is 12.7 Å². The molecule has 1 aromatic heterocycles. The fourth-order valence-electron chi connectivity index (χ4n) is 1.05. The Morgan fingerprint density at radius 1 is 1.47 bits per heavy atom. The number of hydrogen-bond acceptors (Lipinski definition) is 5. The molecule has 0 saturated heterocycles. The zero-order valence-corrected chi connectivity index (χ0v) is 9.16. The lowest BCUT2D eigenvalue weighted by atomic mass is 10.3. The first kappa shape index (κ1) is 10.2. The lowest BCUT2D eigenvalue weighted by Gasteiger charge is -2.00. The predicted molar refractivity (Wildman–Crippen MR) is 54.0 cm³/mol. The molecule has 0 amide bonds. The van der Waals surface area contributed by atoms with E-state index in [0.29, 0.717) is 16.1 Å². The van der Waals surface area contributed by atoms with Crippen molar-refractivity contribution in [3.05, 3.63) is 23.2 Å². The first-order valence-corrected chi connectivity index (χ1v) is 6.06. The third-order valence-corrected chi connectivity index (χ3v) is 2.23. The van der Waals surface area contributed by atoms with Crippen LogP contribution in [0, 0.1) is 0 Å². The highest BCUT2D eigenvalue weighted by Gasteiger charge is 2.10. The van der Waals surface area contributed by atoms with E-state index in [-0.39, 0.29) is 0 Å². The van der Waals surface area contributed by atoms with Gasteiger partial charge >= 0.3 is 10.1 Å². The smallest absolute Gasteiger partial charge is 0.268 e. The number of benzene rings is 1. The van der Waals surface area contributed by atoms with E-state index in [1.165, 1.54) is 6.07 Å². The maximum Gasteiger partial charge on any atom is 0.325 e. The van der Waals surface area contributed by atoms with Crippen LogP contribution in [0.5, 0.6) is 0 Å². The topological polar surface area (TPSA) is 74.1 Å². The number of rotatable bonds is 2. The molecule has 0 bridgehead atoms. The molecule has 0 aliphatic carbocycles. The second kappa shape index (κ2) is 3.35. The van der Waals surface area contributed by atoms with Gasteiger partial charge in [0.05, 0.1) is 6.26 Å². The zero-order valence-electron chi connectivity index (χ0n) is 7.58. The molecule has 0 spiro atoms. The molecule has 8 heteroatoms. The Balaban J connectivity index is 2.57. The Bertz CT molecular complexity index is 607. The van der Waals surface area contributed by atoms with Crippen LogP contribution in [0.3, 0.4) is 0 Å². The molecule has 0 N–H and O–H groups in total. The molecule has 1 aromatic carbocycles. The third kappa shape index (κ3) is 2.18. The van der Waals surface area contributed by atoms with Gasteiger partial charge in [0, 0.05) is 5.02 Å². The van der Waals surface area contributed by atoms with Gasteiger partial charge in [0.2, 0.25) is 0 Å². The van der Waals surface area contributed by atoms with Crippen LogP contribution in [0.15, 0.2) is 18.2 Å². The van der Waals surface area contributed by atoms with Crippen molar-refractivity contribution in [2.75, 3.05) is 6.26 Å². The van der Waals surface area contributed by atoms with E-state index in [1.807, 2.05) is 0 Å². The molecule has 80 valence electrons. The van der Waals surface area contributed by atoms with Crippen molar-refractivity contribution >= 4 is 32.8 Å². The SMILES string of the molecule is CS(=O)(=O)On1nnc2ccc(Cl)cc21. The minimum absolute atomic E-state index is 0.396. The fourth-order valence-corrected chi connectivity index (χ4v) is 1.59. The van der Waals surface area contributed by atoms with Gasteiger partial charge in [-0.2, -0.15) is 8.42 Å². The molecule has 1 heterocycles. The van der Waals surface area contributed by atoms with Crippen molar-refractivity contribution in [1.29, 1.82) is 0 Å². The molecule has 0 atom stereocenters.